The molecule has 0 aliphatic rings. The minimum Gasteiger partial charge on any atom is -0.493 e. The van der Waals surface area contributed by atoms with Crippen molar-refractivity contribution in [3.63, 3.8) is 0 Å². The van der Waals surface area contributed by atoms with Crippen molar-refractivity contribution < 1.29 is 13.9 Å². The molecule has 0 spiro atoms. The minimum absolute atomic E-state index is 0.248. The summed E-state index contributed by atoms with van der Waals surface area (Å²) in [6.45, 7) is 2.72. The van der Waals surface area contributed by atoms with E-state index in [1.54, 1.807) is 30.6 Å². The molecule has 2 heterocycles. The second kappa shape index (κ2) is 7.96. The number of benzene rings is 2. The predicted molar refractivity (Wildman–Crippen MR) is 110 cm³/mol. The molecule has 4 aromatic rings. The third-order valence-electron chi connectivity index (χ3n) is 4.33. The highest BCUT2D eigenvalue weighted by Crippen LogP contribution is 2.36. The minimum atomic E-state index is -0.314. The van der Waals surface area contributed by atoms with Crippen molar-refractivity contribution in [1.82, 2.24) is 4.98 Å². The summed E-state index contributed by atoms with van der Waals surface area (Å²) in [5, 5.41) is 3.66. The van der Waals surface area contributed by atoms with Gasteiger partial charge in [-0.1, -0.05) is 43.3 Å². The normalized spacial score (nSPS) is 10.8. The lowest BCUT2D eigenvalue weighted by atomic mass is 10.0. The number of carbonyl (C=O) groups is 1. The second-order valence-corrected chi connectivity index (χ2v) is 6.38. The second-order valence-electron chi connectivity index (χ2n) is 6.38. The van der Waals surface area contributed by atoms with Crippen molar-refractivity contribution in [1.29, 1.82) is 0 Å². The van der Waals surface area contributed by atoms with E-state index in [4.69, 9.17) is 9.15 Å². The number of nitrogens with zero attached hydrogens (tertiary/aromatic N) is 1. The van der Waals surface area contributed by atoms with Gasteiger partial charge in [0.2, 0.25) is 0 Å². The van der Waals surface area contributed by atoms with Crippen molar-refractivity contribution in [2.75, 3.05) is 11.9 Å². The molecule has 0 atom stereocenters. The molecule has 0 aliphatic carbocycles. The van der Waals surface area contributed by atoms with Crippen molar-refractivity contribution >= 4 is 22.6 Å². The molecule has 0 saturated carbocycles. The number of hydrogen-bond acceptors (Lipinski definition) is 4. The Morgan fingerprint density at radius 3 is 2.75 bits per heavy atom. The van der Waals surface area contributed by atoms with Crippen LogP contribution in [0.4, 0.5) is 5.69 Å². The molecule has 0 radical (unpaired) electrons. The standard InChI is InChI=1S/C23H20N2O3/c1-2-13-27-20-11-4-3-9-18(20)19-10-5-7-16-14-21(28-22(16)19)23(26)25-17-8-6-12-24-15-17/h3-12,14-15H,2,13H2,1H3,(H,25,26). The van der Waals surface area contributed by atoms with Gasteiger partial charge in [0.05, 0.1) is 18.5 Å². The summed E-state index contributed by atoms with van der Waals surface area (Å²) in [6.07, 6.45) is 4.17. The Labute approximate surface area is 163 Å². The summed E-state index contributed by atoms with van der Waals surface area (Å²) in [5.41, 5.74) is 3.11. The zero-order chi connectivity index (χ0) is 19.3. The van der Waals surface area contributed by atoms with Crippen LogP contribution in [-0.2, 0) is 0 Å². The van der Waals surface area contributed by atoms with Crippen LogP contribution in [-0.4, -0.2) is 17.5 Å². The van der Waals surface area contributed by atoms with E-state index in [0.29, 0.717) is 17.9 Å². The van der Waals surface area contributed by atoms with E-state index in [1.807, 2.05) is 42.5 Å². The molecule has 2 aromatic heterocycles. The molecule has 5 heteroatoms. The molecular weight excluding hydrogens is 352 g/mol. The van der Waals surface area contributed by atoms with E-state index in [0.717, 1.165) is 28.7 Å². The van der Waals surface area contributed by atoms with Gasteiger partial charge < -0.3 is 14.5 Å². The first-order valence-corrected chi connectivity index (χ1v) is 9.22. The molecule has 0 bridgehead atoms. The number of hydrogen-bond donors (Lipinski definition) is 1. The van der Waals surface area contributed by atoms with Gasteiger partial charge in [-0.15, -0.1) is 0 Å². The van der Waals surface area contributed by atoms with Gasteiger partial charge in [-0.05, 0) is 30.7 Å². The number of aromatic nitrogens is 1. The number of amides is 1. The molecule has 5 nitrogen and oxygen atoms in total. The Hall–Kier alpha value is -3.60. The van der Waals surface area contributed by atoms with Gasteiger partial charge in [-0.2, -0.15) is 0 Å². The Kier molecular flexibility index (Phi) is 5.06. The lowest BCUT2D eigenvalue weighted by Gasteiger charge is -2.11. The van der Waals surface area contributed by atoms with Crippen LogP contribution in [0.3, 0.4) is 0 Å². The van der Waals surface area contributed by atoms with Crippen molar-refractivity contribution in [3.8, 4) is 16.9 Å². The van der Waals surface area contributed by atoms with Crippen LogP contribution in [0.2, 0.25) is 0 Å². The average Bonchev–Trinajstić information content (AvgIpc) is 3.18. The maximum absolute atomic E-state index is 12.6. The van der Waals surface area contributed by atoms with Crippen LogP contribution in [0, 0.1) is 0 Å². The SMILES string of the molecule is CCCOc1ccccc1-c1cccc2cc(C(=O)Nc3cccnc3)oc12. The number of furan rings is 1. The predicted octanol–water partition coefficient (Wildman–Crippen LogP) is 5.54. The molecule has 140 valence electrons. The van der Waals surface area contributed by atoms with Gasteiger partial charge in [0, 0.05) is 22.7 Å². The molecule has 0 fully saturated rings. The Bertz CT molecular complexity index is 1100. The highest BCUT2D eigenvalue weighted by Gasteiger charge is 2.17. The lowest BCUT2D eigenvalue weighted by molar-refractivity contribution is 0.0998. The van der Waals surface area contributed by atoms with E-state index >= 15 is 0 Å². The zero-order valence-corrected chi connectivity index (χ0v) is 15.5. The molecule has 0 unspecified atom stereocenters. The summed E-state index contributed by atoms with van der Waals surface area (Å²) < 4.78 is 11.9. The summed E-state index contributed by atoms with van der Waals surface area (Å²) in [6, 6.07) is 19.0. The third kappa shape index (κ3) is 3.60. The highest BCUT2D eigenvalue weighted by molar-refractivity contribution is 6.06. The molecule has 28 heavy (non-hydrogen) atoms. The largest absolute Gasteiger partial charge is 0.493 e. The number of anilines is 1. The fourth-order valence-electron chi connectivity index (χ4n) is 3.04. The number of fused-ring (bicyclic) bond motifs is 1. The summed E-state index contributed by atoms with van der Waals surface area (Å²) in [7, 11) is 0. The van der Waals surface area contributed by atoms with E-state index in [-0.39, 0.29) is 11.7 Å². The van der Waals surface area contributed by atoms with Gasteiger partial charge in [0.1, 0.15) is 11.3 Å². The molecular formula is C23H20N2O3. The van der Waals surface area contributed by atoms with Gasteiger partial charge in [0.25, 0.3) is 5.91 Å². The lowest BCUT2D eigenvalue weighted by Crippen LogP contribution is -2.10. The maximum atomic E-state index is 12.6. The van der Waals surface area contributed by atoms with Gasteiger partial charge in [-0.3, -0.25) is 9.78 Å². The van der Waals surface area contributed by atoms with Gasteiger partial charge in [0.15, 0.2) is 5.76 Å². The summed E-state index contributed by atoms with van der Waals surface area (Å²) >= 11 is 0. The van der Waals surface area contributed by atoms with Crippen molar-refractivity contribution in [2.45, 2.75) is 13.3 Å². The number of pyridine rings is 1. The van der Waals surface area contributed by atoms with E-state index in [1.165, 1.54) is 0 Å². The number of nitrogens with one attached hydrogen (secondary N) is 1. The fourth-order valence-corrected chi connectivity index (χ4v) is 3.04. The van der Waals surface area contributed by atoms with Gasteiger partial charge in [-0.25, -0.2) is 0 Å². The number of carbonyl (C=O) groups excluding carboxylic acids is 1. The van der Waals surface area contributed by atoms with Crippen LogP contribution < -0.4 is 10.1 Å². The Balaban J connectivity index is 1.71. The smallest absolute Gasteiger partial charge is 0.291 e. The highest BCUT2D eigenvalue weighted by atomic mass is 16.5. The Morgan fingerprint density at radius 2 is 1.93 bits per heavy atom. The first-order valence-electron chi connectivity index (χ1n) is 9.22. The molecule has 1 N–H and O–H groups in total. The zero-order valence-electron chi connectivity index (χ0n) is 15.5. The molecule has 0 saturated heterocycles. The quantitative estimate of drug-likeness (QED) is 0.483. The number of para-hydroxylation sites is 2. The summed E-state index contributed by atoms with van der Waals surface area (Å²) in [5.74, 6) is 0.735. The van der Waals surface area contributed by atoms with Crippen molar-refractivity contribution in [2.24, 2.45) is 0 Å². The molecule has 0 aliphatic heterocycles. The monoisotopic (exact) mass is 372 g/mol. The van der Waals surface area contributed by atoms with Crippen LogP contribution in [0.25, 0.3) is 22.1 Å². The van der Waals surface area contributed by atoms with Crippen LogP contribution in [0.15, 0.2) is 77.5 Å². The topological polar surface area (TPSA) is 64.4 Å². The van der Waals surface area contributed by atoms with Crippen LogP contribution >= 0.6 is 0 Å². The van der Waals surface area contributed by atoms with Gasteiger partial charge >= 0.3 is 0 Å². The van der Waals surface area contributed by atoms with E-state index in [2.05, 4.69) is 17.2 Å². The number of rotatable bonds is 6. The molecule has 1 amide bonds. The Morgan fingerprint density at radius 1 is 1.07 bits per heavy atom. The van der Waals surface area contributed by atoms with E-state index in [9.17, 15) is 4.79 Å². The maximum Gasteiger partial charge on any atom is 0.291 e. The average molecular weight is 372 g/mol. The molecule has 2 aromatic carbocycles. The van der Waals surface area contributed by atoms with Crippen LogP contribution in [0.5, 0.6) is 5.75 Å². The first-order chi connectivity index (χ1) is 13.8. The van der Waals surface area contributed by atoms with E-state index < -0.39 is 0 Å². The van der Waals surface area contributed by atoms with Crippen LogP contribution in [0.1, 0.15) is 23.9 Å². The summed E-state index contributed by atoms with van der Waals surface area (Å²) in [4.78, 5) is 16.6. The molecule has 4 rings (SSSR count). The number of ether oxygens (including phenoxy) is 1. The first kappa shape index (κ1) is 17.8. The van der Waals surface area contributed by atoms with Crippen molar-refractivity contribution in [3.05, 3.63) is 78.8 Å². The third-order valence-corrected chi connectivity index (χ3v) is 4.33. The fraction of sp³-hybridized carbons (Fsp3) is 0.130.